The summed E-state index contributed by atoms with van der Waals surface area (Å²) < 4.78 is 22.4. The Kier molecular flexibility index (Phi) is 8.34. The normalized spacial score (nSPS) is 22.6. The van der Waals surface area contributed by atoms with Crippen molar-refractivity contribution in [1.82, 2.24) is 0 Å². The summed E-state index contributed by atoms with van der Waals surface area (Å²) in [6, 6.07) is 7.23. The minimum atomic E-state index is -1.28. The van der Waals surface area contributed by atoms with Gasteiger partial charge in [0.15, 0.2) is 5.60 Å². The van der Waals surface area contributed by atoms with Crippen molar-refractivity contribution in [3.63, 3.8) is 0 Å². The minimum absolute atomic E-state index is 0.0358. The summed E-state index contributed by atoms with van der Waals surface area (Å²) in [4.78, 5) is 31.1. The molecule has 0 N–H and O–H groups in total. The maximum Gasteiger partial charge on any atom is 0.344 e. The van der Waals surface area contributed by atoms with Crippen molar-refractivity contribution >= 4 is 33.8 Å². The number of rotatable bonds is 8. The van der Waals surface area contributed by atoms with Crippen molar-refractivity contribution in [1.29, 1.82) is 0 Å². The summed E-state index contributed by atoms with van der Waals surface area (Å²) in [5.41, 5.74) is -0.455. The summed E-state index contributed by atoms with van der Waals surface area (Å²) in [7, 11) is 1.58. The Bertz CT molecular complexity index is 888. The Hall–Kier alpha value is -2.35. The first kappa shape index (κ1) is 24.3. The number of benzene rings is 1. The number of methoxy groups -OCH3 is 1. The third-order valence-electron chi connectivity index (χ3n) is 5.72. The standard InChI is InChI=1S/C24H30BrNO6/c1-4-30-22(27)19-20(23(28)31-5-2)24(15-25,16-11-13-18(29-3)14-12-16)32-21(19)26-17-9-7-6-8-10-17/h11-14,17H,4-10,15H2,1-3H3. The van der Waals surface area contributed by atoms with Crippen molar-refractivity contribution in [3.05, 3.63) is 41.0 Å². The van der Waals surface area contributed by atoms with E-state index in [1.807, 2.05) is 12.1 Å². The first-order valence-corrected chi connectivity index (χ1v) is 12.2. The molecule has 0 spiro atoms. The molecule has 7 nitrogen and oxygen atoms in total. The highest BCUT2D eigenvalue weighted by molar-refractivity contribution is 9.09. The number of carbonyl (C=O) groups is 2. The average Bonchev–Trinajstić information content (AvgIpc) is 3.15. The van der Waals surface area contributed by atoms with Gasteiger partial charge in [0.05, 0.1) is 31.7 Å². The van der Waals surface area contributed by atoms with Crippen LogP contribution in [-0.4, -0.2) is 49.5 Å². The number of nitrogens with zero attached hydrogens (tertiary/aromatic N) is 1. The van der Waals surface area contributed by atoms with Gasteiger partial charge >= 0.3 is 11.9 Å². The lowest BCUT2D eigenvalue weighted by atomic mass is 9.86. The predicted molar refractivity (Wildman–Crippen MR) is 124 cm³/mol. The first-order chi connectivity index (χ1) is 15.5. The molecule has 1 atom stereocenters. The Morgan fingerprint density at radius 1 is 1.06 bits per heavy atom. The topological polar surface area (TPSA) is 83.4 Å². The van der Waals surface area contributed by atoms with Crippen LogP contribution in [0.1, 0.15) is 51.5 Å². The molecule has 1 aliphatic heterocycles. The molecule has 0 radical (unpaired) electrons. The van der Waals surface area contributed by atoms with E-state index in [-0.39, 0.29) is 41.6 Å². The molecule has 1 aliphatic carbocycles. The molecule has 3 rings (SSSR count). The number of ether oxygens (including phenoxy) is 4. The van der Waals surface area contributed by atoms with Gasteiger partial charge in [-0.1, -0.05) is 47.3 Å². The third-order valence-corrected chi connectivity index (χ3v) is 6.51. The zero-order chi connectivity index (χ0) is 23.1. The molecule has 174 valence electrons. The van der Waals surface area contributed by atoms with Gasteiger partial charge in [-0.25, -0.2) is 14.6 Å². The Morgan fingerprint density at radius 3 is 2.25 bits per heavy atom. The second-order valence-electron chi connectivity index (χ2n) is 7.71. The molecule has 0 aromatic heterocycles. The maximum atomic E-state index is 13.2. The molecule has 32 heavy (non-hydrogen) atoms. The average molecular weight is 508 g/mol. The van der Waals surface area contributed by atoms with Gasteiger partial charge in [-0.05, 0) is 38.8 Å². The van der Waals surface area contributed by atoms with Crippen molar-refractivity contribution in [2.45, 2.75) is 57.6 Å². The maximum absolute atomic E-state index is 13.2. The second-order valence-corrected chi connectivity index (χ2v) is 8.27. The molecular formula is C24H30BrNO6. The highest BCUT2D eigenvalue weighted by Crippen LogP contribution is 2.45. The van der Waals surface area contributed by atoms with Gasteiger partial charge in [0.25, 0.3) is 0 Å². The number of halogens is 1. The van der Waals surface area contributed by atoms with Crippen LogP contribution in [0, 0.1) is 0 Å². The fourth-order valence-corrected chi connectivity index (χ4v) is 4.86. The highest BCUT2D eigenvalue weighted by atomic mass is 79.9. The monoisotopic (exact) mass is 507 g/mol. The molecule has 0 amide bonds. The zero-order valence-corrected chi connectivity index (χ0v) is 20.4. The molecular weight excluding hydrogens is 478 g/mol. The number of carbonyl (C=O) groups excluding carboxylic acids is 2. The molecule has 0 saturated heterocycles. The highest BCUT2D eigenvalue weighted by Gasteiger charge is 2.53. The molecule has 0 bridgehead atoms. The molecule has 1 heterocycles. The van der Waals surface area contributed by atoms with Crippen LogP contribution < -0.4 is 4.74 Å². The lowest BCUT2D eigenvalue weighted by Gasteiger charge is -2.29. The largest absolute Gasteiger partial charge is 0.497 e. The summed E-state index contributed by atoms with van der Waals surface area (Å²) >= 11 is 3.53. The van der Waals surface area contributed by atoms with E-state index in [9.17, 15) is 9.59 Å². The van der Waals surface area contributed by atoms with Crippen LogP contribution in [0.4, 0.5) is 0 Å². The van der Waals surface area contributed by atoms with E-state index >= 15 is 0 Å². The molecule has 1 aromatic rings. The summed E-state index contributed by atoms with van der Waals surface area (Å²) in [6.07, 6.45) is 5.16. The molecule has 1 aromatic carbocycles. The van der Waals surface area contributed by atoms with Gasteiger partial charge in [0, 0.05) is 5.56 Å². The molecule has 1 saturated carbocycles. The van der Waals surface area contributed by atoms with Crippen LogP contribution in [-0.2, 0) is 29.4 Å². The van der Waals surface area contributed by atoms with Crippen LogP contribution in [0.5, 0.6) is 5.75 Å². The Labute approximate surface area is 197 Å². The number of hydrogen-bond acceptors (Lipinski definition) is 7. The number of alkyl halides is 1. The van der Waals surface area contributed by atoms with Gasteiger partial charge < -0.3 is 18.9 Å². The SMILES string of the molecule is CCOC(=O)C1=C(C(=O)OCC)C(CBr)(c2ccc(OC)cc2)OC1=NC1CCCCC1. The number of aliphatic imine (C=N–C) groups is 1. The Morgan fingerprint density at radius 2 is 1.69 bits per heavy atom. The predicted octanol–water partition coefficient (Wildman–Crippen LogP) is 4.47. The minimum Gasteiger partial charge on any atom is -0.497 e. The molecule has 8 heteroatoms. The second kappa shape index (κ2) is 11.0. The van der Waals surface area contributed by atoms with Gasteiger partial charge in [-0.15, -0.1) is 0 Å². The van der Waals surface area contributed by atoms with E-state index in [1.165, 1.54) is 6.42 Å². The quantitative estimate of drug-likeness (QED) is 0.381. The lowest BCUT2D eigenvalue weighted by molar-refractivity contribution is -0.142. The van der Waals surface area contributed by atoms with Crippen LogP contribution in [0.25, 0.3) is 0 Å². The fraction of sp³-hybridized carbons (Fsp3) is 0.542. The van der Waals surface area contributed by atoms with E-state index in [4.69, 9.17) is 23.9 Å². The number of esters is 2. The van der Waals surface area contributed by atoms with E-state index in [0.717, 1.165) is 25.7 Å². The number of hydrogen-bond donors (Lipinski definition) is 0. The Balaban J connectivity index is 2.20. The molecule has 2 aliphatic rings. The van der Waals surface area contributed by atoms with Crippen LogP contribution in [0.3, 0.4) is 0 Å². The van der Waals surface area contributed by atoms with Crippen molar-refractivity contribution < 1.29 is 28.5 Å². The van der Waals surface area contributed by atoms with Crippen molar-refractivity contribution in [2.24, 2.45) is 4.99 Å². The lowest BCUT2D eigenvalue weighted by Crippen LogP contribution is -2.35. The van der Waals surface area contributed by atoms with Crippen LogP contribution in [0.2, 0.25) is 0 Å². The smallest absolute Gasteiger partial charge is 0.344 e. The summed E-state index contributed by atoms with van der Waals surface area (Å²) in [5, 5.41) is 0.215. The zero-order valence-electron chi connectivity index (χ0n) is 18.8. The van der Waals surface area contributed by atoms with Crippen molar-refractivity contribution in [3.8, 4) is 5.75 Å². The van der Waals surface area contributed by atoms with Gasteiger partial charge in [0.1, 0.15) is 16.9 Å². The van der Waals surface area contributed by atoms with Crippen LogP contribution in [0.15, 0.2) is 40.4 Å². The van der Waals surface area contributed by atoms with Gasteiger partial charge in [-0.3, -0.25) is 0 Å². The molecule has 1 unspecified atom stereocenters. The van der Waals surface area contributed by atoms with E-state index < -0.39 is 17.5 Å². The summed E-state index contributed by atoms with van der Waals surface area (Å²) in [6.45, 7) is 3.77. The van der Waals surface area contributed by atoms with Crippen molar-refractivity contribution in [2.75, 3.05) is 25.7 Å². The first-order valence-electron chi connectivity index (χ1n) is 11.1. The molecule has 1 fully saturated rings. The fourth-order valence-electron chi connectivity index (χ4n) is 4.14. The third kappa shape index (κ3) is 4.85. The van der Waals surface area contributed by atoms with Crippen LogP contribution >= 0.6 is 15.9 Å². The van der Waals surface area contributed by atoms with Gasteiger partial charge in [-0.2, -0.15) is 0 Å². The van der Waals surface area contributed by atoms with Gasteiger partial charge in [0.2, 0.25) is 5.90 Å². The van der Waals surface area contributed by atoms with E-state index in [0.29, 0.717) is 11.3 Å². The summed E-state index contributed by atoms with van der Waals surface area (Å²) in [5.74, 6) is -0.449. The van der Waals surface area contributed by atoms with E-state index in [1.54, 1.807) is 33.1 Å². The van der Waals surface area contributed by atoms with E-state index in [2.05, 4.69) is 15.9 Å².